The number of carbonyl (C=O) groups is 1. The number of methoxy groups -OCH3 is 3. The van der Waals surface area contributed by atoms with Gasteiger partial charge in [-0.15, -0.1) is 12.4 Å². The first-order valence-electron chi connectivity index (χ1n) is 8.40. The molecule has 1 amide bonds. The first kappa shape index (κ1) is 19.7. The Kier molecular flexibility index (Phi) is 6.41. The number of rotatable bonds is 5. The summed E-state index contributed by atoms with van der Waals surface area (Å²) in [5.41, 5.74) is 0.554. The summed E-state index contributed by atoms with van der Waals surface area (Å²) in [6, 6.07) is 4.80. The van der Waals surface area contributed by atoms with Crippen LogP contribution in [0.3, 0.4) is 0 Å². The third-order valence-electron chi connectivity index (χ3n) is 5.23. The first-order valence-corrected chi connectivity index (χ1v) is 8.40. The van der Waals surface area contributed by atoms with Gasteiger partial charge in [-0.3, -0.25) is 4.79 Å². The molecule has 2 heterocycles. The molecule has 0 aromatic heterocycles. The number of hydrogen-bond acceptors (Lipinski definition) is 5. The highest BCUT2D eigenvalue weighted by Gasteiger charge is 2.36. The van der Waals surface area contributed by atoms with Crippen molar-refractivity contribution in [3.63, 3.8) is 0 Å². The van der Waals surface area contributed by atoms with Crippen LogP contribution in [0.5, 0.6) is 17.2 Å². The third-order valence-corrected chi connectivity index (χ3v) is 5.23. The second kappa shape index (κ2) is 8.15. The average Bonchev–Trinajstić information content (AvgIpc) is 2.96. The van der Waals surface area contributed by atoms with Crippen LogP contribution < -0.4 is 19.5 Å². The molecule has 1 aromatic carbocycles. The van der Waals surface area contributed by atoms with Gasteiger partial charge in [-0.1, -0.05) is 0 Å². The normalized spacial score (nSPS) is 24.2. The molecule has 140 valence electrons. The molecule has 0 spiro atoms. The van der Waals surface area contributed by atoms with E-state index in [1.54, 1.807) is 33.5 Å². The quantitative estimate of drug-likeness (QED) is 0.862. The molecule has 2 unspecified atom stereocenters. The second-order valence-corrected chi connectivity index (χ2v) is 6.59. The maximum Gasteiger partial charge on any atom is 0.254 e. The van der Waals surface area contributed by atoms with E-state index in [1.165, 1.54) is 12.8 Å². The Balaban J connectivity index is 0.00000225. The summed E-state index contributed by atoms with van der Waals surface area (Å²) in [4.78, 5) is 14.8. The van der Waals surface area contributed by atoms with Crippen LogP contribution in [0.2, 0.25) is 0 Å². The highest BCUT2D eigenvalue weighted by molar-refractivity contribution is 5.95. The lowest BCUT2D eigenvalue weighted by molar-refractivity contribution is 0.0681. The minimum absolute atomic E-state index is 0. The number of nitrogens with one attached hydrogen (secondary N) is 1. The molecular formula is C18H27ClN2O4. The topological polar surface area (TPSA) is 60.0 Å². The molecule has 3 rings (SSSR count). The van der Waals surface area contributed by atoms with Gasteiger partial charge in [0.2, 0.25) is 5.75 Å². The van der Waals surface area contributed by atoms with Gasteiger partial charge in [0.25, 0.3) is 5.91 Å². The van der Waals surface area contributed by atoms with Crippen molar-refractivity contribution >= 4 is 18.3 Å². The summed E-state index contributed by atoms with van der Waals surface area (Å²) in [6.07, 6.45) is 4.47. The number of benzene rings is 1. The SMILES string of the molecule is COc1cc(C(=O)N(C)C2CC3CCC(C2)N3)cc(OC)c1OC.Cl. The molecule has 0 aliphatic carbocycles. The number of hydrogen-bond donors (Lipinski definition) is 1. The molecule has 7 heteroatoms. The number of carbonyl (C=O) groups excluding carboxylic acids is 1. The van der Waals surface area contributed by atoms with Crippen LogP contribution in [0.4, 0.5) is 0 Å². The van der Waals surface area contributed by atoms with Crippen LogP contribution in [-0.4, -0.2) is 57.3 Å². The van der Waals surface area contributed by atoms with Crippen molar-refractivity contribution in [2.24, 2.45) is 0 Å². The Morgan fingerprint density at radius 3 is 2.00 bits per heavy atom. The highest BCUT2D eigenvalue weighted by atomic mass is 35.5. The zero-order valence-corrected chi connectivity index (χ0v) is 16.0. The van der Waals surface area contributed by atoms with Gasteiger partial charge in [0.15, 0.2) is 11.5 Å². The molecular weight excluding hydrogens is 344 g/mol. The predicted octanol–water partition coefficient (Wildman–Crippen LogP) is 2.49. The van der Waals surface area contributed by atoms with Crippen molar-refractivity contribution in [2.75, 3.05) is 28.4 Å². The summed E-state index contributed by atoms with van der Waals surface area (Å²) < 4.78 is 16.0. The van der Waals surface area contributed by atoms with E-state index in [9.17, 15) is 4.79 Å². The number of piperidine rings is 1. The number of ether oxygens (including phenoxy) is 3. The summed E-state index contributed by atoms with van der Waals surface area (Å²) >= 11 is 0. The summed E-state index contributed by atoms with van der Waals surface area (Å²) in [7, 11) is 6.55. The van der Waals surface area contributed by atoms with Crippen molar-refractivity contribution in [1.29, 1.82) is 0 Å². The lowest BCUT2D eigenvalue weighted by Crippen LogP contribution is -2.48. The van der Waals surface area contributed by atoms with E-state index < -0.39 is 0 Å². The summed E-state index contributed by atoms with van der Waals surface area (Å²) in [6.45, 7) is 0. The molecule has 2 fully saturated rings. The van der Waals surface area contributed by atoms with E-state index in [-0.39, 0.29) is 24.4 Å². The standard InChI is InChI=1S/C18H26N2O4.ClH/c1-20(14-9-12-5-6-13(10-14)19-12)18(21)11-7-15(22-2)17(24-4)16(8-11)23-3;/h7-8,12-14,19H,5-6,9-10H2,1-4H3;1H. The number of fused-ring (bicyclic) bond motifs is 2. The Bertz CT molecular complexity index is 588. The molecule has 2 bridgehead atoms. The van der Waals surface area contributed by atoms with E-state index in [0.717, 1.165) is 12.8 Å². The summed E-state index contributed by atoms with van der Waals surface area (Å²) in [5.74, 6) is 1.48. The lowest BCUT2D eigenvalue weighted by Gasteiger charge is -2.35. The minimum atomic E-state index is -0.0134. The maximum atomic E-state index is 13.0. The molecule has 2 saturated heterocycles. The monoisotopic (exact) mass is 370 g/mol. The summed E-state index contributed by atoms with van der Waals surface area (Å²) in [5, 5.41) is 3.61. The van der Waals surface area contributed by atoms with Crippen molar-refractivity contribution in [3.05, 3.63) is 17.7 Å². The largest absolute Gasteiger partial charge is 0.493 e. The molecule has 0 saturated carbocycles. The molecule has 1 aromatic rings. The second-order valence-electron chi connectivity index (χ2n) is 6.59. The maximum absolute atomic E-state index is 13.0. The predicted molar refractivity (Wildman–Crippen MR) is 98.4 cm³/mol. The van der Waals surface area contributed by atoms with Gasteiger partial charge >= 0.3 is 0 Å². The Labute approximate surface area is 155 Å². The van der Waals surface area contributed by atoms with Crippen LogP contribution in [0, 0.1) is 0 Å². The fourth-order valence-corrected chi connectivity index (χ4v) is 3.92. The Morgan fingerprint density at radius 1 is 1.04 bits per heavy atom. The van der Waals surface area contributed by atoms with E-state index >= 15 is 0 Å². The van der Waals surface area contributed by atoms with Crippen molar-refractivity contribution < 1.29 is 19.0 Å². The Morgan fingerprint density at radius 2 is 1.56 bits per heavy atom. The van der Waals surface area contributed by atoms with Crippen LogP contribution >= 0.6 is 12.4 Å². The molecule has 0 radical (unpaired) electrons. The molecule has 2 aliphatic rings. The zero-order valence-electron chi connectivity index (χ0n) is 15.2. The van der Waals surface area contributed by atoms with Gasteiger partial charge in [0.05, 0.1) is 21.3 Å². The number of nitrogens with zero attached hydrogens (tertiary/aromatic N) is 1. The highest BCUT2D eigenvalue weighted by Crippen LogP contribution is 2.39. The average molecular weight is 371 g/mol. The lowest BCUT2D eigenvalue weighted by atomic mass is 9.98. The third kappa shape index (κ3) is 3.80. The molecule has 2 aliphatic heterocycles. The first-order chi connectivity index (χ1) is 11.6. The molecule has 6 nitrogen and oxygen atoms in total. The van der Waals surface area contributed by atoms with Crippen LogP contribution in [0.15, 0.2) is 12.1 Å². The number of amides is 1. The van der Waals surface area contributed by atoms with Crippen molar-refractivity contribution in [3.8, 4) is 17.2 Å². The fraction of sp³-hybridized carbons (Fsp3) is 0.611. The van der Waals surface area contributed by atoms with Gasteiger partial charge < -0.3 is 24.4 Å². The Hall–Kier alpha value is -1.66. The van der Waals surface area contributed by atoms with Gasteiger partial charge in [-0.05, 0) is 37.8 Å². The molecule has 2 atom stereocenters. The van der Waals surface area contributed by atoms with E-state index in [2.05, 4.69) is 5.32 Å². The fourth-order valence-electron chi connectivity index (χ4n) is 3.92. The van der Waals surface area contributed by atoms with Crippen LogP contribution in [0.1, 0.15) is 36.0 Å². The van der Waals surface area contributed by atoms with Gasteiger partial charge in [-0.25, -0.2) is 0 Å². The number of halogens is 1. The minimum Gasteiger partial charge on any atom is -0.493 e. The molecule has 1 N–H and O–H groups in total. The van der Waals surface area contributed by atoms with E-state index in [0.29, 0.717) is 34.9 Å². The van der Waals surface area contributed by atoms with Gasteiger partial charge in [0, 0.05) is 30.7 Å². The van der Waals surface area contributed by atoms with Crippen molar-refractivity contribution in [1.82, 2.24) is 10.2 Å². The van der Waals surface area contributed by atoms with Crippen molar-refractivity contribution in [2.45, 2.75) is 43.8 Å². The molecule has 25 heavy (non-hydrogen) atoms. The van der Waals surface area contributed by atoms with E-state index in [4.69, 9.17) is 14.2 Å². The van der Waals surface area contributed by atoms with Gasteiger partial charge in [-0.2, -0.15) is 0 Å². The zero-order chi connectivity index (χ0) is 17.3. The smallest absolute Gasteiger partial charge is 0.254 e. The van der Waals surface area contributed by atoms with E-state index in [1.807, 2.05) is 11.9 Å². The van der Waals surface area contributed by atoms with Crippen LogP contribution in [0.25, 0.3) is 0 Å². The van der Waals surface area contributed by atoms with Crippen LogP contribution in [-0.2, 0) is 0 Å². The van der Waals surface area contributed by atoms with Gasteiger partial charge in [0.1, 0.15) is 0 Å².